The average molecular weight is 246 g/mol. The molecule has 0 spiro atoms. The van der Waals surface area contributed by atoms with Crippen LogP contribution in [0.2, 0.25) is 0 Å². The van der Waals surface area contributed by atoms with Crippen LogP contribution in [-0.4, -0.2) is 4.92 Å². The minimum absolute atomic E-state index is 0.0528. The molecule has 0 radical (unpaired) electrons. The third-order valence-corrected chi connectivity index (χ3v) is 3.24. The lowest BCUT2D eigenvalue weighted by atomic mass is 10.0. The maximum Gasteiger partial charge on any atom is 0.269 e. The third kappa shape index (κ3) is 2.65. The van der Waals surface area contributed by atoms with Crippen LogP contribution in [0.25, 0.3) is 0 Å². The molecule has 1 unspecified atom stereocenters. The van der Waals surface area contributed by atoms with Crippen molar-refractivity contribution >= 4 is 18.3 Å². The third-order valence-electron chi connectivity index (χ3n) is 2.57. The number of nitrogens with zero attached hydrogens (tertiary/aromatic N) is 1. The quantitative estimate of drug-likeness (QED) is 0.475. The van der Waals surface area contributed by atoms with Crippen LogP contribution in [0.1, 0.15) is 16.4 Å². The first-order chi connectivity index (χ1) is 8.18. The van der Waals surface area contributed by atoms with Crippen LogP contribution in [0.5, 0.6) is 0 Å². The molecule has 0 saturated heterocycles. The molecular formula is C13H12NO2S+. The van der Waals surface area contributed by atoms with Gasteiger partial charge in [-0.1, -0.05) is 30.3 Å². The summed E-state index contributed by atoms with van der Waals surface area (Å²) in [5.41, 5.74) is 2.23. The van der Waals surface area contributed by atoms with Crippen LogP contribution in [0.4, 0.5) is 5.69 Å². The van der Waals surface area contributed by atoms with Crippen molar-refractivity contribution in [3.8, 4) is 0 Å². The van der Waals surface area contributed by atoms with Gasteiger partial charge in [0.2, 0.25) is 0 Å². The molecule has 0 aromatic heterocycles. The summed E-state index contributed by atoms with van der Waals surface area (Å²) in [6, 6.07) is 16.5. The van der Waals surface area contributed by atoms with Crippen molar-refractivity contribution in [1.29, 1.82) is 0 Å². The number of benzene rings is 2. The van der Waals surface area contributed by atoms with Gasteiger partial charge >= 0.3 is 0 Å². The fraction of sp³-hybridized carbons (Fsp3) is 0.0769. The molecule has 17 heavy (non-hydrogen) atoms. The van der Waals surface area contributed by atoms with Gasteiger partial charge in [0, 0.05) is 23.3 Å². The molecule has 0 amide bonds. The minimum Gasteiger partial charge on any atom is -0.258 e. The molecule has 0 aliphatic carbocycles. The highest BCUT2D eigenvalue weighted by Crippen LogP contribution is 2.24. The Hall–Kier alpha value is -1.81. The molecule has 0 bridgehead atoms. The number of nitro benzene ring substituents is 1. The SMILES string of the molecule is O=[N+]([O-])c1ccc(C([SH2+])c2ccccc2)cc1. The van der Waals surface area contributed by atoms with Gasteiger partial charge < -0.3 is 0 Å². The smallest absolute Gasteiger partial charge is 0.258 e. The van der Waals surface area contributed by atoms with Crippen LogP contribution in [0.3, 0.4) is 0 Å². The van der Waals surface area contributed by atoms with E-state index in [1.165, 1.54) is 12.1 Å². The van der Waals surface area contributed by atoms with E-state index in [1.807, 2.05) is 30.3 Å². The van der Waals surface area contributed by atoms with Gasteiger partial charge in [-0.2, -0.15) is 0 Å². The normalized spacial score (nSPS) is 12.1. The Morgan fingerprint density at radius 3 is 2.00 bits per heavy atom. The largest absolute Gasteiger partial charge is 0.269 e. The molecule has 2 rings (SSSR count). The van der Waals surface area contributed by atoms with E-state index in [4.69, 9.17) is 0 Å². The number of hydrogen-bond donors (Lipinski definition) is 0. The van der Waals surface area contributed by atoms with Crippen molar-refractivity contribution in [3.63, 3.8) is 0 Å². The van der Waals surface area contributed by atoms with Crippen LogP contribution in [-0.2, 0) is 12.6 Å². The minimum atomic E-state index is -0.394. The number of rotatable bonds is 3. The summed E-state index contributed by atoms with van der Waals surface area (Å²) in [6.45, 7) is 0. The Bertz CT molecular complexity index is 511. The maximum atomic E-state index is 10.5. The van der Waals surface area contributed by atoms with Gasteiger partial charge in [-0.25, -0.2) is 0 Å². The van der Waals surface area contributed by atoms with Gasteiger partial charge in [0.25, 0.3) is 5.69 Å². The summed E-state index contributed by atoms with van der Waals surface area (Å²) in [4.78, 5) is 10.2. The van der Waals surface area contributed by atoms with E-state index in [0.717, 1.165) is 11.1 Å². The maximum absolute atomic E-state index is 10.5. The summed E-state index contributed by atoms with van der Waals surface area (Å²) >= 11 is 3.64. The van der Waals surface area contributed by atoms with E-state index in [-0.39, 0.29) is 10.9 Å². The predicted molar refractivity (Wildman–Crippen MR) is 71.5 cm³/mol. The molecule has 3 nitrogen and oxygen atoms in total. The van der Waals surface area contributed by atoms with Crippen molar-refractivity contribution in [2.24, 2.45) is 0 Å². The lowest BCUT2D eigenvalue weighted by Crippen LogP contribution is -1.97. The molecule has 0 heterocycles. The molecule has 0 aliphatic rings. The van der Waals surface area contributed by atoms with Crippen molar-refractivity contribution in [2.45, 2.75) is 5.25 Å². The Morgan fingerprint density at radius 2 is 1.47 bits per heavy atom. The number of hydrogen-bond acceptors (Lipinski definition) is 2. The van der Waals surface area contributed by atoms with Crippen molar-refractivity contribution in [3.05, 3.63) is 75.8 Å². The molecule has 0 aliphatic heterocycles. The van der Waals surface area contributed by atoms with Gasteiger partial charge in [-0.05, 0) is 24.8 Å². The number of non-ortho nitro benzene ring substituents is 1. The molecule has 2 aromatic carbocycles. The average Bonchev–Trinajstić information content (AvgIpc) is 2.39. The Balaban J connectivity index is 2.26. The monoisotopic (exact) mass is 246 g/mol. The Kier molecular flexibility index (Phi) is 3.44. The van der Waals surface area contributed by atoms with E-state index >= 15 is 0 Å². The van der Waals surface area contributed by atoms with E-state index in [2.05, 4.69) is 12.6 Å². The zero-order valence-corrected chi connectivity index (χ0v) is 10.0. The van der Waals surface area contributed by atoms with Crippen molar-refractivity contribution in [2.75, 3.05) is 0 Å². The second-order valence-electron chi connectivity index (χ2n) is 3.69. The molecule has 0 N–H and O–H groups in total. The van der Waals surface area contributed by atoms with Crippen LogP contribution in [0.15, 0.2) is 54.6 Å². The first-order valence-electron chi connectivity index (χ1n) is 5.19. The summed E-state index contributed by atoms with van der Waals surface area (Å²) < 4.78 is 0. The van der Waals surface area contributed by atoms with Gasteiger partial charge in [0.1, 0.15) is 0 Å². The van der Waals surface area contributed by atoms with E-state index in [0.29, 0.717) is 0 Å². The fourth-order valence-corrected chi connectivity index (χ4v) is 2.01. The van der Waals surface area contributed by atoms with E-state index < -0.39 is 4.92 Å². The molecular weight excluding hydrogens is 234 g/mol. The van der Waals surface area contributed by atoms with Gasteiger partial charge in [0.15, 0.2) is 5.25 Å². The Labute approximate surface area is 105 Å². The van der Waals surface area contributed by atoms with Gasteiger partial charge in [-0.3, -0.25) is 10.1 Å². The molecule has 2 aromatic rings. The summed E-state index contributed by atoms with van der Waals surface area (Å²) in [6.07, 6.45) is 0. The van der Waals surface area contributed by atoms with Crippen molar-refractivity contribution in [1.82, 2.24) is 0 Å². The van der Waals surface area contributed by atoms with Crippen LogP contribution >= 0.6 is 0 Å². The lowest BCUT2D eigenvalue weighted by Gasteiger charge is -2.05. The standard InChI is InChI=1S/C13H11NO2S/c15-14(16)12-8-6-11(7-9-12)13(17)10-4-2-1-3-5-10/h1-9,13,17H/p+1. The summed E-state index contributed by atoms with van der Waals surface area (Å²) in [5, 5.41) is 10.6. The van der Waals surface area contributed by atoms with Crippen LogP contribution < -0.4 is 0 Å². The zero-order chi connectivity index (χ0) is 12.3. The summed E-state index contributed by atoms with van der Waals surface area (Å²) in [5.74, 6) is 0. The molecule has 0 fully saturated rings. The van der Waals surface area contributed by atoms with E-state index in [9.17, 15) is 10.1 Å². The fourth-order valence-electron chi connectivity index (χ4n) is 1.63. The first kappa shape index (κ1) is 11.7. The lowest BCUT2D eigenvalue weighted by molar-refractivity contribution is -0.384. The predicted octanol–water partition coefficient (Wildman–Crippen LogP) is 2.70. The summed E-state index contributed by atoms with van der Waals surface area (Å²) in [7, 11) is 0. The Morgan fingerprint density at radius 1 is 0.941 bits per heavy atom. The van der Waals surface area contributed by atoms with Crippen molar-refractivity contribution < 1.29 is 4.92 Å². The van der Waals surface area contributed by atoms with Gasteiger partial charge in [-0.15, -0.1) is 0 Å². The second kappa shape index (κ2) is 5.01. The first-order valence-corrected chi connectivity index (χ1v) is 5.76. The molecule has 1 atom stereocenters. The highest BCUT2D eigenvalue weighted by atomic mass is 32.1. The van der Waals surface area contributed by atoms with Crippen LogP contribution in [0, 0.1) is 10.1 Å². The molecule has 0 saturated carbocycles. The van der Waals surface area contributed by atoms with Gasteiger partial charge in [0.05, 0.1) is 4.92 Å². The highest BCUT2D eigenvalue weighted by Gasteiger charge is 2.15. The number of nitro groups is 1. The second-order valence-corrected chi connectivity index (χ2v) is 4.27. The van der Waals surface area contributed by atoms with E-state index in [1.54, 1.807) is 12.1 Å². The molecule has 86 valence electrons. The topological polar surface area (TPSA) is 43.1 Å². The highest BCUT2D eigenvalue weighted by molar-refractivity contribution is 7.59. The zero-order valence-electron chi connectivity index (χ0n) is 9.04. The molecule has 4 heteroatoms.